The minimum Gasteiger partial charge on any atom is -0.468 e. The van der Waals surface area contributed by atoms with E-state index in [1.165, 1.54) is 11.3 Å². The molecule has 2 heterocycles. The van der Waals surface area contributed by atoms with Gasteiger partial charge in [-0.05, 0) is 49.6 Å². The summed E-state index contributed by atoms with van der Waals surface area (Å²) in [5.74, 6) is 1.45. The Labute approximate surface area is 114 Å². The van der Waals surface area contributed by atoms with Gasteiger partial charge < -0.3 is 9.73 Å². The SMILES string of the molecule is CCCNC(c1ccco1)C1CCc2cccnc21. The van der Waals surface area contributed by atoms with Crippen LogP contribution in [0.5, 0.6) is 0 Å². The standard InChI is InChI=1S/C16H20N2O/c1-2-9-17-16(14-6-4-11-19-14)13-8-7-12-5-3-10-18-15(12)13/h3-6,10-11,13,16-17H,2,7-9H2,1H3. The molecule has 2 aromatic rings. The van der Waals surface area contributed by atoms with Crippen LogP contribution in [0, 0.1) is 0 Å². The molecular weight excluding hydrogens is 236 g/mol. The predicted molar refractivity (Wildman–Crippen MR) is 75.0 cm³/mol. The second kappa shape index (κ2) is 5.57. The van der Waals surface area contributed by atoms with E-state index in [2.05, 4.69) is 29.4 Å². The normalized spacial score (nSPS) is 19.3. The number of aryl methyl sites for hydroxylation is 1. The van der Waals surface area contributed by atoms with Crippen LogP contribution in [0.2, 0.25) is 0 Å². The van der Waals surface area contributed by atoms with E-state index < -0.39 is 0 Å². The van der Waals surface area contributed by atoms with Gasteiger partial charge in [-0.15, -0.1) is 0 Å². The second-order valence-corrected chi connectivity index (χ2v) is 5.14. The first-order valence-corrected chi connectivity index (χ1v) is 7.10. The highest BCUT2D eigenvalue weighted by Gasteiger charge is 2.32. The van der Waals surface area contributed by atoms with E-state index in [0.717, 1.165) is 31.6 Å². The molecule has 3 nitrogen and oxygen atoms in total. The van der Waals surface area contributed by atoms with Gasteiger partial charge in [-0.2, -0.15) is 0 Å². The maximum Gasteiger partial charge on any atom is 0.121 e. The molecule has 1 aliphatic carbocycles. The molecule has 0 fully saturated rings. The molecule has 0 amide bonds. The van der Waals surface area contributed by atoms with Gasteiger partial charge in [0.15, 0.2) is 0 Å². The van der Waals surface area contributed by atoms with Crippen LogP contribution >= 0.6 is 0 Å². The smallest absolute Gasteiger partial charge is 0.121 e. The molecule has 2 atom stereocenters. The van der Waals surface area contributed by atoms with E-state index in [1.54, 1.807) is 6.26 Å². The zero-order valence-corrected chi connectivity index (χ0v) is 11.3. The Morgan fingerprint density at radius 2 is 2.37 bits per heavy atom. The van der Waals surface area contributed by atoms with Gasteiger partial charge in [-0.1, -0.05) is 13.0 Å². The number of fused-ring (bicyclic) bond motifs is 1. The minimum atomic E-state index is 0.242. The van der Waals surface area contributed by atoms with E-state index in [4.69, 9.17) is 4.42 Å². The van der Waals surface area contributed by atoms with Crippen LogP contribution in [0.4, 0.5) is 0 Å². The highest BCUT2D eigenvalue weighted by atomic mass is 16.3. The molecular formula is C16H20N2O. The first-order chi connectivity index (χ1) is 9.40. The van der Waals surface area contributed by atoms with Crippen molar-refractivity contribution in [3.05, 3.63) is 53.7 Å². The Morgan fingerprint density at radius 1 is 1.42 bits per heavy atom. The molecule has 3 heteroatoms. The number of nitrogens with zero attached hydrogens (tertiary/aromatic N) is 1. The quantitative estimate of drug-likeness (QED) is 0.890. The van der Waals surface area contributed by atoms with Crippen molar-refractivity contribution in [3.8, 4) is 0 Å². The van der Waals surface area contributed by atoms with Gasteiger partial charge in [0.25, 0.3) is 0 Å². The van der Waals surface area contributed by atoms with Crippen LogP contribution in [0.15, 0.2) is 41.1 Å². The van der Waals surface area contributed by atoms with Crippen LogP contribution in [-0.4, -0.2) is 11.5 Å². The highest BCUT2D eigenvalue weighted by molar-refractivity contribution is 5.31. The van der Waals surface area contributed by atoms with E-state index in [-0.39, 0.29) is 6.04 Å². The van der Waals surface area contributed by atoms with E-state index in [9.17, 15) is 0 Å². The third kappa shape index (κ3) is 2.43. The number of hydrogen-bond acceptors (Lipinski definition) is 3. The summed E-state index contributed by atoms with van der Waals surface area (Å²) in [6.07, 6.45) is 7.05. The van der Waals surface area contributed by atoms with Crippen LogP contribution < -0.4 is 5.32 Å². The fraction of sp³-hybridized carbons (Fsp3) is 0.438. The summed E-state index contributed by atoms with van der Waals surface area (Å²) in [5.41, 5.74) is 2.63. The van der Waals surface area contributed by atoms with Crippen molar-refractivity contribution < 1.29 is 4.42 Å². The van der Waals surface area contributed by atoms with Crippen LogP contribution in [0.3, 0.4) is 0 Å². The first-order valence-electron chi connectivity index (χ1n) is 7.10. The average Bonchev–Trinajstić information content (AvgIpc) is 3.09. The van der Waals surface area contributed by atoms with Gasteiger partial charge >= 0.3 is 0 Å². The third-order valence-electron chi connectivity index (χ3n) is 3.87. The van der Waals surface area contributed by atoms with E-state index in [0.29, 0.717) is 5.92 Å². The monoisotopic (exact) mass is 256 g/mol. The second-order valence-electron chi connectivity index (χ2n) is 5.14. The van der Waals surface area contributed by atoms with Crippen molar-refractivity contribution >= 4 is 0 Å². The Bertz CT molecular complexity index is 521. The number of furan rings is 1. The molecule has 0 saturated carbocycles. The number of rotatable bonds is 5. The van der Waals surface area contributed by atoms with Crippen molar-refractivity contribution in [2.45, 2.75) is 38.1 Å². The Morgan fingerprint density at radius 3 is 3.16 bits per heavy atom. The van der Waals surface area contributed by atoms with Crippen molar-refractivity contribution in [2.24, 2.45) is 0 Å². The van der Waals surface area contributed by atoms with Crippen LogP contribution in [0.25, 0.3) is 0 Å². The minimum absolute atomic E-state index is 0.242. The molecule has 3 rings (SSSR count). The van der Waals surface area contributed by atoms with Crippen molar-refractivity contribution in [2.75, 3.05) is 6.54 Å². The van der Waals surface area contributed by atoms with Crippen molar-refractivity contribution in [1.29, 1.82) is 0 Å². The van der Waals surface area contributed by atoms with Gasteiger partial charge in [0.05, 0.1) is 12.3 Å². The molecule has 1 aliphatic rings. The fourth-order valence-electron chi connectivity index (χ4n) is 2.98. The van der Waals surface area contributed by atoms with Gasteiger partial charge in [0.1, 0.15) is 5.76 Å². The highest BCUT2D eigenvalue weighted by Crippen LogP contribution is 2.40. The van der Waals surface area contributed by atoms with Gasteiger partial charge in [0, 0.05) is 17.8 Å². The number of aromatic nitrogens is 1. The lowest BCUT2D eigenvalue weighted by Crippen LogP contribution is -2.27. The van der Waals surface area contributed by atoms with Gasteiger partial charge in [-0.25, -0.2) is 0 Å². The Kier molecular flexibility index (Phi) is 3.65. The van der Waals surface area contributed by atoms with E-state index >= 15 is 0 Å². The number of hydrogen-bond donors (Lipinski definition) is 1. The van der Waals surface area contributed by atoms with Gasteiger partial charge in [0.2, 0.25) is 0 Å². The maximum absolute atomic E-state index is 5.63. The van der Waals surface area contributed by atoms with E-state index in [1.807, 2.05) is 18.3 Å². The largest absolute Gasteiger partial charge is 0.468 e. The summed E-state index contributed by atoms with van der Waals surface area (Å²) < 4.78 is 5.63. The molecule has 0 bridgehead atoms. The number of pyridine rings is 1. The molecule has 2 unspecified atom stereocenters. The first kappa shape index (κ1) is 12.4. The van der Waals surface area contributed by atoms with Crippen molar-refractivity contribution in [3.63, 3.8) is 0 Å². The summed E-state index contributed by atoms with van der Waals surface area (Å²) in [6, 6.07) is 8.49. The Balaban J connectivity index is 1.89. The van der Waals surface area contributed by atoms with Crippen LogP contribution in [-0.2, 0) is 6.42 Å². The molecule has 0 saturated heterocycles. The fourth-order valence-corrected chi connectivity index (χ4v) is 2.98. The summed E-state index contributed by atoms with van der Waals surface area (Å²) in [6.45, 7) is 3.19. The Hall–Kier alpha value is -1.61. The molecule has 0 spiro atoms. The average molecular weight is 256 g/mol. The lowest BCUT2D eigenvalue weighted by Gasteiger charge is -2.23. The molecule has 0 aliphatic heterocycles. The lowest BCUT2D eigenvalue weighted by atomic mass is 9.94. The zero-order valence-electron chi connectivity index (χ0n) is 11.3. The molecule has 0 radical (unpaired) electrons. The molecule has 100 valence electrons. The van der Waals surface area contributed by atoms with Gasteiger partial charge in [-0.3, -0.25) is 4.98 Å². The van der Waals surface area contributed by atoms with Crippen LogP contribution in [0.1, 0.15) is 48.7 Å². The van der Waals surface area contributed by atoms with Crippen molar-refractivity contribution in [1.82, 2.24) is 10.3 Å². The summed E-state index contributed by atoms with van der Waals surface area (Å²) in [5, 5.41) is 3.62. The maximum atomic E-state index is 5.63. The summed E-state index contributed by atoms with van der Waals surface area (Å²) >= 11 is 0. The zero-order chi connectivity index (χ0) is 13.1. The molecule has 0 aromatic carbocycles. The summed E-state index contributed by atoms with van der Waals surface area (Å²) in [7, 11) is 0. The third-order valence-corrected chi connectivity index (χ3v) is 3.87. The number of nitrogens with one attached hydrogen (secondary N) is 1. The molecule has 1 N–H and O–H groups in total. The summed E-state index contributed by atoms with van der Waals surface area (Å²) in [4.78, 5) is 4.60. The predicted octanol–water partition coefficient (Wildman–Crippen LogP) is 3.45. The topological polar surface area (TPSA) is 38.1 Å². The lowest BCUT2D eigenvalue weighted by molar-refractivity contribution is 0.360. The molecule has 19 heavy (non-hydrogen) atoms. The molecule has 2 aromatic heterocycles.